The van der Waals surface area contributed by atoms with E-state index >= 15 is 0 Å². The monoisotopic (exact) mass is 328 g/mol. The topological polar surface area (TPSA) is 93.5 Å². The van der Waals surface area contributed by atoms with Gasteiger partial charge in [0.1, 0.15) is 5.69 Å². The first-order valence-electron chi connectivity index (χ1n) is 7.02. The Labute approximate surface area is 135 Å². The molecule has 0 saturated carbocycles. The molecule has 0 aliphatic carbocycles. The third kappa shape index (κ3) is 2.50. The van der Waals surface area contributed by atoms with Gasteiger partial charge in [0.05, 0.1) is 29.5 Å². The first-order chi connectivity index (χ1) is 11.2. The van der Waals surface area contributed by atoms with E-state index in [0.717, 1.165) is 12.3 Å². The van der Waals surface area contributed by atoms with Gasteiger partial charge in [0.25, 0.3) is 11.6 Å². The predicted octanol–water partition coefficient (Wildman–Crippen LogP) is 2.62. The third-order valence-corrected chi connectivity index (χ3v) is 4.33. The van der Waals surface area contributed by atoms with E-state index in [1.807, 2.05) is 0 Å². The molecule has 4 heterocycles. The Hall–Kier alpha value is -2.61. The fourth-order valence-electron chi connectivity index (χ4n) is 2.40. The van der Waals surface area contributed by atoms with Crippen LogP contribution in [-0.4, -0.2) is 33.5 Å². The molecule has 3 aromatic heterocycles. The van der Waals surface area contributed by atoms with Gasteiger partial charge < -0.3 is 14.3 Å². The standard InChI is InChI=1S/C15H12N4O3S/c1-8-12-9(13(20)18-15-16-4-6-23-15)7-10(11-3-2-5-21-11)17-14(12)22-19-8/h2-3,5,7H,4,6H2,1H3,(H,16,18,20). The lowest BCUT2D eigenvalue weighted by atomic mass is 10.1. The highest BCUT2D eigenvalue weighted by Crippen LogP contribution is 2.27. The van der Waals surface area contributed by atoms with Crippen LogP contribution in [0.5, 0.6) is 0 Å². The number of pyridine rings is 1. The zero-order valence-corrected chi connectivity index (χ0v) is 13.0. The molecule has 0 unspecified atom stereocenters. The van der Waals surface area contributed by atoms with Crippen molar-refractivity contribution >= 4 is 33.9 Å². The summed E-state index contributed by atoms with van der Waals surface area (Å²) in [4.78, 5) is 21.3. The Balaban J connectivity index is 1.82. The molecule has 0 atom stereocenters. The van der Waals surface area contributed by atoms with Gasteiger partial charge >= 0.3 is 0 Å². The maximum atomic E-state index is 12.7. The first-order valence-corrected chi connectivity index (χ1v) is 8.00. The summed E-state index contributed by atoms with van der Waals surface area (Å²) in [6.07, 6.45) is 1.55. The molecule has 23 heavy (non-hydrogen) atoms. The molecule has 1 amide bonds. The van der Waals surface area contributed by atoms with Crippen LogP contribution in [-0.2, 0) is 0 Å². The van der Waals surface area contributed by atoms with Gasteiger partial charge in [-0.05, 0) is 25.1 Å². The number of hydrogen-bond acceptors (Lipinski definition) is 7. The smallest absolute Gasteiger partial charge is 0.259 e. The molecular weight excluding hydrogens is 316 g/mol. The second kappa shape index (κ2) is 5.54. The van der Waals surface area contributed by atoms with E-state index in [1.54, 1.807) is 31.4 Å². The van der Waals surface area contributed by atoms with Gasteiger partial charge in [-0.2, -0.15) is 0 Å². The predicted molar refractivity (Wildman–Crippen MR) is 86.5 cm³/mol. The van der Waals surface area contributed by atoms with Crippen LogP contribution in [0, 0.1) is 6.92 Å². The van der Waals surface area contributed by atoms with Gasteiger partial charge in [-0.25, -0.2) is 4.98 Å². The highest BCUT2D eigenvalue weighted by molar-refractivity contribution is 8.14. The molecule has 0 aromatic carbocycles. The molecule has 1 aliphatic heterocycles. The summed E-state index contributed by atoms with van der Waals surface area (Å²) < 4.78 is 10.6. The average Bonchev–Trinajstić information content (AvgIpc) is 3.28. The number of nitrogens with zero attached hydrogens (tertiary/aromatic N) is 3. The molecule has 0 saturated heterocycles. The van der Waals surface area contributed by atoms with E-state index in [4.69, 9.17) is 8.94 Å². The minimum Gasteiger partial charge on any atom is -0.463 e. The van der Waals surface area contributed by atoms with Gasteiger partial charge in [0.15, 0.2) is 10.9 Å². The van der Waals surface area contributed by atoms with E-state index in [9.17, 15) is 4.79 Å². The number of nitrogens with one attached hydrogen (secondary N) is 1. The van der Waals surface area contributed by atoms with E-state index in [2.05, 4.69) is 20.4 Å². The number of furan rings is 1. The summed E-state index contributed by atoms with van der Waals surface area (Å²) in [5.41, 5.74) is 1.88. The summed E-state index contributed by atoms with van der Waals surface area (Å²) in [6, 6.07) is 5.22. The van der Waals surface area contributed by atoms with Crippen LogP contribution < -0.4 is 5.32 Å². The number of aromatic nitrogens is 2. The van der Waals surface area contributed by atoms with Crippen LogP contribution >= 0.6 is 11.8 Å². The molecule has 8 heteroatoms. The number of amides is 1. The zero-order chi connectivity index (χ0) is 15.8. The molecule has 3 aromatic rings. The first kappa shape index (κ1) is 14.0. The van der Waals surface area contributed by atoms with Crippen molar-refractivity contribution in [1.29, 1.82) is 0 Å². The fourth-order valence-corrected chi connectivity index (χ4v) is 3.12. The fraction of sp³-hybridized carbons (Fsp3) is 0.200. The van der Waals surface area contributed by atoms with Crippen LogP contribution in [0.3, 0.4) is 0 Å². The van der Waals surface area contributed by atoms with Gasteiger partial charge in [-0.15, -0.1) is 0 Å². The van der Waals surface area contributed by atoms with Crippen molar-refractivity contribution in [3.05, 3.63) is 35.7 Å². The lowest BCUT2D eigenvalue weighted by molar-refractivity contribution is 0.0979. The normalized spacial score (nSPS) is 14.2. The maximum absolute atomic E-state index is 12.7. The van der Waals surface area contributed by atoms with Crippen LogP contribution in [0.15, 0.2) is 38.4 Å². The average molecular weight is 328 g/mol. The number of amidine groups is 1. The molecule has 116 valence electrons. The molecule has 7 nitrogen and oxygen atoms in total. The van der Waals surface area contributed by atoms with Crippen molar-refractivity contribution in [2.75, 3.05) is 12.3 Å². The molecule has 0 radical (unpaired) electrons. The second-order valence-electron chi connectivity index (χ2n) is 4.97. The summed E-state index contributed by atoms with van der Waals surface area (Å²) in [6.45, 7) is 2.49. The number of aryl methyl sites for hydroxylation is 1. The SMILES string of the molecule is Cc1noc2nc(-c3ccco3)cc(C(=O)NC3=NCCS3)c12. The Morgan fingerprint density at radius 3 is 3.09 bits per heavy atom. The second-order valence-corrected chi connectivity index (χ2v) is 6.05. The van der Waals surface area contributed by atoms with Crippen LogP contribution in [0.4, 0.5) is 0 Å². The molecule has 1 aliphatic rings. The number of carbonyl (C=O) groups excluding carboxylic acids is 1. The summed E-state index contributed by atoms with van der Waals surface area (Å²) in [5, 5.41) is 7.96. The van der Waals surface area contributed by atoms with Crippen molar-refractivity contribution in [1.82, 2.24) is 15.5 Å². The highest BCUT2D eigenvalue weighted by atomic mass is 32.2. The van der Waals surface area contributed by atoms with Crippen LogP contribution in [0.1, 0.15) is 16.1 Å². The molecular formula is C15H12N4O3S. The van der Waals surface area contributed by atoms with Crippen LogP contribution in [0.2, 0.25) is 0 Å². The number of fused-ring (bicyclic) bond motifs is 1. The molecule has 0 fully saturated rings. The van der Waals surface area contributed by atoms with Crippen molar-refractivity contribution in [2.24, 2.45) is 4.99 Å². The minimum absolute atomic E-state index is 0.260. The van der Waals surface area contributed by atoms with E-state index in [-0.39, 0.29) is 5.91 Å². The van der Waals surface area contributed by atoms with Crippen LogP contribution in [0.25, 0.3) is 22.6 Å². The summed E-state index contributed by atoms with van der Waals surface area (Å²) in [7, 11) is 0. The van der Waals surface area contributed by atoms with Crippen molar-refractivity contribution < 1.29 is 13.7 Å². The molecule has 1 N–H and O–H groups in total. The maximum Gasteiger partial charge on any atom is 0.259 e. The van der Waals surface area contributed by atoms with Gasteiger partial charge in [-0.3, -0.25) is 9.79 Å². The molecule has 4 rings (SSSR count). The van der Waals surface area contributed by atoms with Gasteiger partial charge in [-0.1, -0.05) is 16.9 Å². The third-order valence-electron chi connectivity index (χ3n) is 3.44. The Morgan fingerprint density at radius 2 is 2.35 bits per heavy atom. The number of aliphatic imine (C=N–C) groups is 1. The van der Waals surface area contributed by atoms with E-state index < -0.39 is 0 Å². The van der Waals surface area contributed by atoms with Gasteiger partial charge in [0, 0.05) is 5.75 Å². The van der Waals surface area contributed by atoms with E-state index in [1.165, 1.54) is 11.8 Å². The number of hydrogen-bond donors (Lipinski definition) is 1. The Kier molecular flexibility index (Phi) is 3.38. The van der Waals surface area contributed by atoms with Gasteiger partial charge in [0.2, 0.25) is 0 Å². The number of carbonyl (C=O) groups is 1. The van der Waals surface area contributed by atoms with Crippen molar-refractivity contribution in [2.45, 2.75) is 6.92 Å². The summed E-state index contributed by atoms with van der Waals surface area (Å²) in [5.74, 6) is 1.18. The minimum atomic E-state index is -0.260. The quantitative estimate of drug-likeness (QED) is 0.777. The largest absolute Gasteiger partial charge is 0.463 e. The Morgan fingerprint density at radius 1 is 1.43 bits per heavy atom. The number of rotatable bonds is 2. The van der Waals surface area contributed by atoms with E-state index in [0.29, 0.717) is 39.0 Å². The zero-order valence-electron chi connectivity index (χ0n) is 12.2. The van der Waals surface area contributed by atoms with Crippen molar-refractivity contribution in [3.8, 4) is 11.5 Å². The molecule has 0 spiro atoms. The van der Waals surface area contributed by atoms with Crippen molar-refractivity contribution in [3.63, 3.8) is 0 Å². The Bertz CT molecular complexity index is 914. The molecule has 0 bridgehead atoms. The lowest BCUT2D eigenvalue weighted by Gasteiger charge is -2.06. The lowest BCUT2D eigenvalue weighted by Crippen LogP contribution is -2.27. The number of thioether (sulfide) groups is 1. The highest BCUT2D eigenvalue weighted by Gasteiger charge is 2.21. The summed E-state index contributed by atoms with van der Waals surface area (Å²) >= 11 is 1.52.